The summed E-state index contributed by atoms with van der Waals surface area (Å²) in [6, 6.07) is 5.36. The highest BCUT2D eigenvalue weighted by molar-refractivity contribution is 5.92. The number of amides is 1. The zero-order chi connectivity index (χ0) is 9.97. The van der Waals surface area contributed by atoms with Crippen LogP contribution in [0.5, 0.6) is 0 Å². The zero-order valence-corrected chi connectivity index (χ0v) is 7.68. The number of rotatable bonds is 2. The first-order valence-corrected chi connectivity index (χ1v) is 4.65. The molecule has 1 aliphatic carbocycles. The third-order valence-electron chi connectivity index (χ3n) is 2.40. The van der Waals surface area contributed by atoms with Crippen molar-refractivity contribution < 1.29 is 9.90 Å². The second-order valence-electron chi connectivity index (χ2n) is 3.53. The maximum absolute atomic E-state index is 11.5. The minimum atomic E-state index is -0.297. The first-order valence-electron chi connectivity index (χ1n) is 4.65. The highest BCUT2D eigenvalue weighted by atomic mass is 16.3. The molecule has 1 amide bonds. The molecule has 0 unspecified atom stereocenters. The fourth-order valence-corrected chi connectivity index (χ4v) is 1.47. The Morgan fingerprint density at radius 2 is 2.29 bits per heavy atom. The van der Waals surface area contributed by atoms with Gasteiger partial charge in [-0.05, 0) is 25.0 Å². The highest BCUT2D eigenvalue weighted by Crippen LogP contribution is 2.27. The van der Waals surface area contributed by atoms with Gasteiger partial charge in [-0.25, -0.2) is 4.98 Å². The second-order valence-corrected chi connectivity index (χ2v) is 3.53. The lowest BCUT2D eigenvalue weighted by molar-refractivity contribution is -0.126. The van der Waals surface area contributed by atoms with Crippen LogP contribution >= 0.6 is 0 Å². The van der Waals surface area contributed by atoms with E-state index in [1.807, 2.05) is 6.07 Å². The summed E-state index contributed by atoms with van der Waals surface area (Å²) in [4.78, 5) is 15.5. The fraction of sp³-hybridized carbons (Fsp3) is 0.400. The van der Waals surface area contributed by atoms with Gasteiger partial charge in [0.1, 0.15) is 5.82 Å². The van der Waals surface area contributed by atoms with Gasteiger partial charge in [-0.2, -0.15) is 0 Å². The van der Waals surface area contributed by atoms with Crippen molar-refractivity contribution in [3.05, 3.63) is 24.4 Å². The van der Waals surface area contributed by atoms with Crippen molar-refractivity contribution in [1.82, 2.24) is 4.98 Å². The van der Waals surface area contributed by atoms with E-state index in [4.69, 9.17) is 5.11 Å². The monoisotopic (exact) mass is 192 g/mol. The van der Waals surface area contributed by atoms with E-state index in [1.165, 1.54) is 0 Å². The van der Waals surface area contributed by atoms with Crippen molar-refractivity contribution in [2.45, 2.75) is 18.9 Å². The van der Waals surface area contributed by atoms with E-state index in [2.05, 4.69) is 10.3 Å². The van der Waals surface area contributed by atoms with Crippen molar-refractivity contribution in [2.24, 2.45) is 5.92 Å². The predicted molar refractivity (Wildman–Crippen MR) is 51.6 cm³/mol. The summed E-state index contributed by atoms with van der Waals surface area (Å²) in [5.74, 6) is 0.472. The van der Waals surface area contributed by atoms with Gasteiger partial charge in [0, 0.05) is 12.1 Å². The molecule has 4 nitrogen and oxygen atoms in total. The molecular formula is C10H12N2O2. The smallest absolute Gasteiger partial charge is 0.228 e. The number of hydrogen-bond donors (Lipinski definition) is 2. The summed E-state index contributed by atoms with van der Waals surface area (Å²) in [6.45, 7) is 0. The van der Waals surface area contributed by atoms with Crippen molar-refractivity contribution in [1.29, 1.82) is 0 Å². The van der Waals surface area contributed by atoms with Crippen LogP contribution in [0.15, 0.2) is 24.4 Å². The molecule has 0 atom stereocenters. The van der Waals surface area contributed by atoms with Crippen molar-refractivity contribution >= 4 is 11.7 Å². The largest absolute Gasteiger partial charge is 0.393 e. The molecule has 14 heavy (non-hydrogen) atoms. The molecule has 0 aromatic carbocycles. The van der Waals surface area contributed by atoms with Gasteiger partial charge in [-0.3, -0.25) is 4.79 Å². The molecule has 74 valence electrons. The number of anilines is 1. The van der Waals surface area contributed by atoms with Gasteiger partial charge in [0.15, 0.2) is 0 Å². The normalized spacial score (nSPS) is 25.2. The molecule has 0 aliphatic heterocycles. The van der Waals surface area contributed by atoms with Gasteiger partial charge in [-0.15, -0.1) is 0 Å². The lowest BCUT2D eigenvalue weighted by Gasteiger charge is -2.29. The number of nitrogens with one attached hydrogen (secondary N) is 1. The van der Waals surface area contributed by atoms with Gasteiger partial charge in [-0.1, -0.05) is 6.07 Å². The van der Waals surface area contributed by atoms with Crippen molar-refractivity contribution in [2.75, 3.05) is 5.32 Å². The van der Waals surface area contributed by atoms with Gasteiger partial charge in [0.2, 0.25) is 5.91 Å². The van der Waals surface area contributed by atoms with Crippen molar-refractivity contribution in [3.63, 3.8) is 0 Å². The van der Waals surface area contributed by atoms with Crippen LogP contribution in [-0.2, 0) is 4.79 Å². The molecule has 4 heteroatoms. The topological polar surface area (TPSA) is 62.2 Å². The number of aromatic nitrogens is 1. The third-order valence-corrected chi connectivity index (χ3v) is 2.40. The lowest BCUT2D eigenvalue weighted by atomic mass is 9.82. The molecule has 2 rings (SSSR count). The molecule has 1 heterocycles. The molecule has 2 N–H and O–H groups in total. The molecule has 1 aromatic heterocycles. The van der Waals surface area contributed by atoms with Crippen molar-refractivity contribution in [3.8, 4) is 0 Å². The lowest BCUT2D eigenvalue weighted by Crippen LogP contribution is -2.37. The summed E-state index contributed by atoms with van der Waals surface area (Å²) in [5.41, 5.74) is 0. The second kappa shape index (κ2) is 3.75. The van der Waals surface area contributed by atoms with E-state index < -0.39 is 0 Å². The predicted octanol–water partition coefficient (Wildman–Crippen LogP) is 0.791. The van der Waals surface area contributed by atoms with E-state index in [1.54, 1.807) is 18.3 Å². The average molecular weight is 192 g/mol. The van der Waals surface area contributed by atoms with Crippen LogP contribution in [0.2, 0.25) is 0 Å². The molecule has 1 aromatic rings. The summed E-state index contributed by atoms with van der Waals surface area (Å²) >= 11 is 0. The van der Waals surface area contributed by atoms with Crippen LogP contribution in [0, 0.1) is 5.92 Å². The van der Waals surface area contributed by atoms with Crippen LogP contribution < -0.4 is 5.32 Å². The Balaban J connectivity index is 1.89. The van der Waals surface area contributed by atoms with E-state index in [0.717, 1.165) is 0 Å². The Morgan fingerprint density at radius 1 is 1.50 bits per heavy atom. The first kappa shape index (κ1) is 9.15. The van der Waals surface area contributed by atoms with Gasteiger partial charge >= 0.3 is 0 Å². The molecule has 0 spiro atoms. The van der Waals surface area contributed by atoms with E-state index in [9.17, 15) is 4.79 Å². The number of carbonyl (C=O) groups excluding carboxylic acids is 1. The SMILES string of the molecule is O=C(Nc1ccccn1)C1CC(O)C1. The number of hydrogen-bond acceptors (Lipinski definition) is 3. The minimum Gasteiger partial charge on any atom is -0.393 e. The first-order chi connectivity index (χ1) is 6.75. The number of aliphatic hydroxyl groups excluding tert-OH is 1. The minimum absolute atomic E-state index is 0.0472. The maximum Gasteiger partial charge on any atom is 0.228 e. The van der Waals surface area contributed by atoms with Crippen LogP contribution in [0.3, 0.4) is 0 Å². The van der Waals surface area contributed by atoms with Gasteiger partial charge < -0.3 is 10.4 Å². The average Bonchev–Trinajstić information content (AvgIpc) is 2.14. The number of carbonyl (C=O) groups is 1. The van der Waals surface area contributed by atoms with Crippen LogP contribution in [0.4, 0.5) is 5.82 Å². The Kier molecular flexibility index (Phi) is 2.45. The van der Waals surface area contributed by atoms with E-state index in [0.29, 0.717) is 18.7 Å². The number of pyridine rings is 1. The Labute approximate surface area is 82.0 Å². The van der Waals surface area contributed by atoms with E-state index >= 15 is 0 Å². The van der Waals surface area contributed by atoms with Crippen LogP contribution in [0.1, 0.15) is 12.8 Å². The number of aliphatic hydroxyl groups is 1. The standard InChI is InChI=1S/C10H12N2O2/c13-8-5-7(6-8)10(14)12-9-3-1-2-4-11-9/h1-4,7-8,13H,5-6H2,(H,11,12,14). The zero-order valence-electron chi connectivity index (χ0n) is 7.68. The third kappa shape index (κ3) is 1.90. The summed E-state index contributed by atoms with van der Waals surface area (Å²) in [6.07, 6.45) is 2.47. The summed E-state index contributed by atoms with van der Waals surface area (Å²) in [5, 5.41) is 11.7. The quantitative estimate of drug-likeness (QED) is 0.728. The summed E-state index contributed by atoms with van der Waals surface area (Å²) < 4.78 is 0. The molecule has 1 aliphatic rings. The van der Waals surface area contributed by atoms with Gasteiger partial charge in [0.05, 0.1) is 6.10 Å². The van der Waals surface area contributed by atoms with E-state index in [-0.39, 0.29) is 17.9 Å². The van der Waals surface area contributed by atoms with Crippen LogP contribution in [0.25, 0.3) is 0 Å². The molecule has 0 saturated heterocycles. The Hall–Kier alpha value is -1.42. The summed E-state index contributed by atoms with van der Waals surface area (Å²) in [7, 11) is 0. The Bertz CT molecular complexity index is 320. The fourth-order valence-electron chi connectivity index (χ4n) is 1.47. The molecule has 0 bridgehead atoms. The van der Waals surface area contributed by atoms with Crippen LogP contribution in [-0.4, -0.2) is 22.1 Å². The maximum atomic E-state index is 11.5. The number of nitrogens with zero attached hydrogens (tertiary/aromatic N) is 1. The molecular weight excluding hydrogens is 180 g/mol. The molecule has 1 saturated carbocycles. The highest BCUT2D eigenvalue weighted by Gasteiger charge is 2.33. The van der Waals surface area contributed by atoms with Gasteiger partial charge in [0.25, 0.3) is 0 Å². The molecule has 0 radical (unpaired) electrons. The Morgan fingerprint density at radius 3 is 2.86 bits per heavy atom. The molecule has 1 fully saturated rings.